The van der Waals surface area contributed by atoms with Crippen molar-refractivity contribution in [3.63, 3.8) is 0 Å². The zero-order chi connectivity index (χ0) is 9.26. The van der Waals surface area contributed by atoms with Crippen molar-refractivity contribution in [3.05, 3.63) is 17.5 Å². The van der Waals surface area contributed by atoms with Gasteiger partial charge in [-0.05, 0) is 25.3 Å². The molecule has 2 rings (SSSR count). The van der Waals surface area contributed by atoms with E-state index < -0.39 is 0 Å². The van der Waals surface area contributed by atoms with Crippen molar-refractivity contribution in [2.24, 2.45) is 0 Å². The highest BCUT2D eigenvalue weighted by Gasteiger charge is 2.21. The lowest BCUT2D eigenvalue weighted by Crippen LogP contribution is -2.27. The lowest BCUT2D eigenvalue weighted by atomic mass is 9.94. The van der Waals surface area contributed by atoms with Crippen LogP contribution in [0.4, 0.5) is 0 Å². The number of aryl methyl sites for hydroxylation is 1. The molecule has 1 fully saturated rings. The van der Waals surface area contributed by atoms with E-state index in [-0.39, 0.29) is 0 Å². The first-order valence-electron chi connectivity index (χ1n) is 4.71. The van der Waals surface area contributed by atoms with E-state index in [1.165, 1.54) is 24.1 Å². The second kappa shape index (κ2) is 3.72. The lowest BCUT2D eigenvalue weighted by Gasteiger charge is -2.28. The third kappa shape index (κ3) is 1.89. The van der Waals surface area contributed by atoms with Gasteiger partial charge in [0.25, 0.3) is 0 Å². The number of aromatic nitrogens is 2. The monoisotopic (exact) mass is 197 g/mol. The van der Waals surface area contributed by atoms with E-state index in [2.05, 4.69) is 34.2 Å². The average molecular weight is 197 g/mol. The number of nitrogens with zero attached hydrogens (tertiary/aromatic N) is 2. The molecule has 1 saturated heterocycles. The van der Waals surface area contributed by atoms with Crippen molar-refractivity contribution in [2.45, 2.75) is 25.7 Å². The van der Waals surface area contributed by atoms with Crippen LogP contribution in [0.2, 0.25) is 0 Å². The quantitative estimate of drug-likeness (QED) is 0.672. The molecule has 0 aromatic carbocycles. The average Bonchev–Trinajstić information content (AvgIpc) is 2.51. The molecule has 1 unspecified atom stereocenters. The van der Waals surface area contributed by atoms with Crippen LogP contribution in [0.1, 0.15) is 30.0 Å². The Hall–Kier alpha value is -0.480. The molecule has 4 heteroatoms. The summed E-state index contributed by atoms with van der Waals surface area (Å²) in [6.07, 6.45) is 4.37. The van der Waals surface area contributed by atoms with Crippen LogP contribution in [0.15, 0.2) is 6.20 Å². The van der Waals surface area contributed by atoms with Crippen molar-refractivity contribution < 1.29 is 0 Å². The molecule has 0 amide bonds. The van der Waals surface area contributed by atoms with E-state index in [0.29, 0.717) is 5.92 Å². The highest BCUT2D eigenvalue weighted by Crippen LogP contribution is 2.27. The summed E-state index contributed by atoms with van der Waals surface area (Å²) in [7, 11) is 0. The Bertz CT molecular complexity index is 284. The van der Waals surface area contributed by atoms with Gasteiger partial charge in [-0.3, -0.25) is 9.40 Å². The smallest absolute Gasteiger partial charge is 0.0519 e. The van der Waals surface area contributed by atoms with E-state index in [1.54, 1.807) is 0 Å². The molecule has 1 aromatic heterocycles. The maximum atomic E-state index is 4.38. The molecule has 0 spiro atoms. The highest BCUT2D eigenvalue weighted by atomic mass is 32.1. The third-order valence-corrected chi connectivity index (χ3v) is 3.04. The number of nitrogens with one attached hydrogen (secondary N) is 1. The maximum Gasteiger partial charge on any atom is 0.0519 e. The van der Waals surface area contributed by atoms with Crippen LogP contribution in [-0.2, 0) is 0 Å². The molecule has 13 heavy (non-hydrogen) atoms. The van der Waals surface area contributed by atoms with Gasteiger partial charge in [0.1, 0.15) is 0 Å². The van der Waals surface area contributed by atoms with Crippen molar-refractivity contribution in [2.75, 3.05) is 13.1 Å². The predicted octanol–water partition coefficient (Wildman–Crippen LogP) is 1.74. The Morgan fingerprint density at radius 1 is 1.69 bits per heavy atom. The number of hydrogen-bond acceptors (Lipinski definition) is 3. The Morgan fingerprint density at radius 2 is 2.54 bits per heavy atom. The molecular formula is C9H15N3S. The second-order valence-electron chi connectivity index (χ2n) is 3.72. The summed E-state index contributed by atoms with van der Waals surface area (Å²) in [5.74, 6) is 0.591. The molecule has 1 aliphatic rings. The molecule has 0 saturated carbocycles. The standard InChI is InChI=1S/C9H15N3S/c1-7-5-10-11-9(7)8-3-2-4-12(13)6-8/h5,8,13H,2-4,6H2,1H3,(H,10,11). The van der Waals surface area contributed by atoms with Crippen molar-refractivity contribution in [1.82, 2.24) is 14.5 Å². The summed E-state index contributed by atoms with van der Waals surface area (Å²) in [4.78, 5) is 0. The minimum atomic E-state index is 0.591. The summed E-state index contributed by atoms with van der Waals surface area (Å²) in [5, 5.41) is 7.14. The summed E-state index contributed by atoms with van der Waals surface area (Å²) in [6.45, 7) is 4.25. The Morgan fingerprint density at radius 3 is 3.15 bits per heavy atom. The van der Waals surface area contributed by atoms with Gasteiger partial charge in [-0.25, -0.2) is 0 Å². The van der Waals surface area contributed by atoms with Crippen LogP contribution in [0.25, 0.3) is 0 Å². The van der Waals surface area contributed by atoms with Crippen LogP contribution < -0.4 is 0 Å². The van der Waals surface area contributed by atoms with Crippen molar-refractivity contribution in [1.29, 1.82) is 0 Å². The first-order valence-corrected chi connectivity index (χ1v) is 5.11. The number of H-pyrrole nitrogens is 1. The van der Waals surface area contributed by atoms with Crippen LogP contribution in [0, 0.1) is 6.92 Å². The fourth-order valence-corrected chi connectivity index (χ4v) is 2.30. The number of aromatic amines is 1. The summed E-state index contributed by atoms with van der Waals surface area (Å²) in [5.41, 5.74) is 2.56. The SMILES string of the molecule is Cc1cn[nH]c1C1CCCN(S)C1. The van der Waals surface area contributed by atoms with Gasteiger partial charge >= 0.3 is 0 Å². The first kappa shape index (κ1) is 9.09. The number of piperidine rings is 1. The van der Waals surface area contributed by atoms with Gasteiger partial charge in [-0.1, -0.05) is 12.8 Å². The van der Waals surface area contributed by atoms with Crippen LogP contribution in [0.5, 0.6) is 0 Å². The molecule has 1 aliphatic heterocycles. The molecule has 0 bridgehead atoms. The number of rotatable bonds is 1. The van der Waals surface area contributed by atoms with E-state index in [4.69, 9.17) is 0 Å². The zero-order valence-electron chi connectivity index (χ0n) is 7.82. The maximum absolute atomic E-state index is 4.38. The van der Waals surface area contributed by atoms with Gasteiger partial charge < -0.3 is 0 Å². The normalized spacial score (nSPS) is 24.9. The molecule has 0 radical (unpaired) electrons. The fourth-order valence-electron chi connectivity index (χ4n) is 1.96. The predicted molar refractivity (Wildman–Crippen MR) is 55.9 cm³/mol. The van der Waals surface area contributed by atoms with Gasteiger partial charge in [0.15, 0.2) is 0 Å². The Labute approximate surface area is 84.1 Å². The van der Waals surface area contributed by atoms with Crippen LogP contribution in [-0.4, -0.2) is 27.6 Å². The molecule has 2 heterocycles. The van der Waals surface area contributed by atoms with Gasteiger partial charge in [0.2, 0.25) is 0 Å². The van der Waals surface area contributed by atoms with Gasteiger partial charge in [0, 0.05) is 24.7 Å². The van der Waals surface area contributed by atoms with Gasteiger partial charge in [0.05, 0.1) is 6.20 Å². The first-order chi connectivity index (χ1) is 6.27. The largest absolute Gasteiger partial charge is 0.282 e. The summed E-state index contributed by atoms with van der Waals surface area (Å²) < 4.78 is 2.09. The van der Waals surface area contributed by atoms with Gasteiger partial charge in [-0.2, -0.15) is 5.10 Å². The molecule has 1 atom stereocenters. The lowest BCUT2D eigenvalue weighted by molar-refractivity contribution is 0.341. The topological polar surface area (TPSA) is 31.9 Å². The minimum absolute atomic E-state index is 0.591. The van der Waals surface area contributed by atoms with Crippen LogP contribution >= 0.6 is 12.8 Å². The van der Waals surface area contributed by atoms with E-state index in [1.807, 2.05) is 6.20 Å². The Kier molecular flexibility index (Phi) is 2.60. The van der Waals surface area contributed by atoms with E-state index >= 15 is 0 Å². The summed E-state index contributed by atoms with van der Waals surface area (Å²) in [6, 6.07) is 0. The van der Waals surface area contributed by atoms with E-state index in [0.717, 1.165) is 13.1 Å². The molecule has 3 nitrogen and oxygen atoms in total. The third-order valence-electron chi connectivity index (χ3n) is 2.68. The fraction of sp³-hybridized carbons (Fsp3) is 0.667. The molecule has 1 aromatic rings. The van der Waals surface area contributed by atoms with Crippen molar-refractivity contribution in [3.8, 4) is 0 Å². The Balaban J connectivity index is 2.12. The molecular weight excluding hydrogens is 182 g/mol. The van der Waals surface area contributed by atoms with E-state index in [9.17, 15) is 0 Å². The second-order valence-corrected chi connectivity index (χ2v) is 4.28. The highest BCUT2D eigenvalue weighted by molar-refractivity contribution is 7.77. The van der Waals surface area contributed by atoms with Gasteiger partial charge in [-0.15, -0.1) is 0 Å². The number of hydrogen-bond donors (Lipinski definition) is 2. The molecule has 72 valence electrons. The number of thiol groups is 1. The molecule has 1 N–H and O–H groups in total. The molecule has 0 aliphatic carbocycles. The minimum Gasteiger partial charge on any atom is -0.282 e. The summed E-state index contributed by atoms with van der Waals surface area (Å²) >= 11 is 4.38. The van der Waals surface area contributed by atoms with Crippen molar-refractivity contribution >= 4 is 12.8 Å². The zero-order valence-corrected chi connectivity index (χ0v) is 8.72. The van der Waals surface area contributed by atoms with Crippen LogP contribution in [0.3, 0.4) is 0 Å².